The van der Waals surface area contributed by atoms with E-state index in [0.717, 1.165) is 36.9 Å². The number of rotatable bonds is 9. The molecule has 5 nitrogen and oxygen atoms in total. The largest absolute Gasteiger partial charge is 0.341 e. The molecule has 4 aromatic rings. The molecular formula is C37H37N3O2S. The number of carbonyl (C=O) groups is 1. The number of allylic oxidation sites excluding steroid dienone is 1. The molecule has 0 saturated heterocycles. The summed E-state index contributed by atoms with van der Waals surface area (Å²) in [4.78, 5) is 28.3. The lowest BCUT2D eigenvalue weighted by molar-refractivity contribution is -0.111. The van der Waals surface area contributed by atoms with Gasteiger partial charge in [-0.1, -0.05) is 80.3 Å². The highest BCUT2D eigenvalue weighted by Crippen LogP contribution is 2.37. The number of nitriles is 1. The molecule has 218 valence electrons. The van der Waals surface area contributed by atoms with Crippen LogP contribution in [0.5, 0.6) is 0 Å². The van der Waals surface area contributed by atoms with Gasteiger partial charge < -0.3 is 4.90 Å². The number of para-hydroxylation sites is 1. The highest BCUT2D eigenvalue weighted by atomic mass is 32.1. The molecule has 1 aliphatic rings. The molecule has 0 unspecified atom stereocenters. The van der Waals surface area contributed by atoms with Crippen LogP contribution in [0, 0.1) is 18.3 Å². The molecule has 3 aromatic carbocycles. The van der Waals surface area contributed by atoms with Crippen LogP contribution in [-0.2, 0) is 17.6 Å². The summed E-state index contributed by atoms with van der Waals surface area (Å²) in [6.45, 7) is 6.58. The van der Waals surface area contributed by atoms with E-state index in [-0.39, 0.29) is 16.9 Å². The third kappa shape index (κ3) is 6.63. The van der Waals surface area contributed by atoms with Crippen LogP contribution in [0.25, 0.3) is 23.4 Å². The smallest absolute Gasteiger partial charge is 0.273 e. The van der Waals surface area contributed by atoms with E-state index in [1.54, 1.807) is 6.08 Å². The molecule has 0 atom stereocenters. The third-order valence-electron chi connectivity index (χ3n) is 7.91. The molecule has 6 heteroatoms. The van der Waals surface area contributed by atoms with Crippen molar-refractivity contribution in [1.82, 2.24) is 4.57 Å². The van der Waals surface area contributed by atoms with Gasteiger partial charge in [-0.05, 0) is 86.2 Å². The number of ketones is 1. The van der Waals surface area contributed by atoms with Crippen LogP contribution in [-0.4, -0.2) is 16.9 Å². The lowest BCUT2D eigenvalue weighted by Crippen LogP contribution is -2.31. The van der Waals surface area contributed by atoms with Gasteiger partial charge >= 0.3 is 0 Å². The van der Waals surface area contributed by atoms with E-state index in [4.69, 9.17) is 0 Å². The van der Waals surface area contributed by atoms with Crippen molar-refractivity contribution in [2.24, 2.45) is 0 Å². The van der Waals surface area contributed by atoms with Crippen molar-refractivity contribution < 1.29 is 4.79 Å². The van der Waals surface area contributed by atoms with Crippen molar-refractivity contribution in [3.05, 3.63) is 115 Å². The lowest BCUT2D eigenvalue weighted by atomic mass is 10.0. The first kappa shape index (κ1) is 30.0. The second-order valence-corrected chi connectivity index (χ2v) is 12.1. The van der Waals surface area contributed by atoms with E-state index in [0.29, 0.717) is 14.9 Å². The third-order valence-corrected chi connectivity index (χ3v) is 9.02. The quantitative estimate of drug-likeness (QED) is 0.203. The number of carbonyl (C=O) groups excluding carboxylic acids is 1. The van der Waals surface area contributed by atoms with Crippen LogP contribution in [0.3, 0.4) is 0 Å². The van der Waals surface area contributed by atoms with Crippen LogP contribution < -0.4 is 19.7 Å². The molecule has 0 bridgehead atoms. The second-order valence-electron chi connectivity index (χ2n) is 11.0. The summed E-state index contributed by atoms with van der Waals surface area (Å²) >= 11 is 1.17. The molecule has 0 amide bonds. The molecular weight excluding hydrogens is 550 g/mol. The normalized spacial score (nSPS) is 13.8. The molecule has 1 aliphatic heterocycles. The van der Waals surface area contributed by atoms with E-state index in [1.165, 1.54) is 64.6 Å². The van der Waals surface area contributed by atoms with E-state index in [9.17, 15) is 14.9 Å². The number of nitrogens with zero attached hydrogens (tertiary/aromatic N) is 3. The van der Waals surface area contributed by atoms with Gasteiger partial charge in [0.2, 0.25) is 0 Å². The van der Waals surface area contributed by atoms with Gasteiger partial charge in [0.15, 0.2) is 5.78 Å². The minimum absolute atomic E-state index is 0.0164. The Morgan fingerprint density at radius 3 is 2.47 bits per heavy atom. The number of fused-ring (bicyclic) bond motifs is 2. The summed E-state index contributed by atoms with van der Waals surface area (Å²) in [6, 6.07) is 24.9. The minimum Gasteiger partial charge on any atom is -0.341 e. The Kier molecular flexibility index (Phi) is 9.54. The van der Waals surface area contributed by atoms with Gasteiger partial charge in [-0.2, -0.15) is 5.26 Å². The number of hydrogen-bond donors (Lipinski definition) is 0. The molecule has 0 saturated carbocycles. The number of anilines is 2. The maximum Gasteiger partial charge on any atom is 0.273 e. The SMILES string of the molecule is CCCCCCN1c2ccccc2CCc2cc(/C=C/C=c3/s/c(=C(/C#N)C(C)=O)n(-c4ccc(C)cc4)c3=O)ccc21. The van der Waals surface area contributed by atoms with E-state index in [2.05, 4.69) is 54.3 Å². The highest BCUT2D eigenvalue weighted by Gasteiger charge is 2.20. The molecule has 43 heavy (non-hydrogen) atoms. The number of thiazole rings is 1. The minimum atomic E-state index is -0.363. The molecule has 0 aliphatic carbocycles. The fraction of sp³-hybridized carbons (Fsp3) is 0.270. The number of Topliss-reactive ketones (excluding diaryl/α,β-unsaturated/α-hetero) is 1. The number of benzene rings is 3. The zero-order valence-electron chi connectivity index (χ0n) is 25.1. The predicted molar refractivity (Wildman–Crippen MR) is 179 cm³/mol. The molecule has 5 rings (SSSR count). The van der Waals surface area contributed by atoms with Gasteiger partial charge in [0, 0.05) is 17.9 Å². The maximum absolute atomic E-state index is 13.5. The maximum atomic E-state index is 13.5. The summed E-state index contributed by atoms with van der Waals surface area (Å²) in [7, 11) is 0. The Bertz CT molecular complexity index is 1890. The van der Waals surface area contributed by atoms with Crippen LogP contribution in [0.15, 0.2) is 77.6 Å². The van der Waals surface area contributed by atoms with Gasteiger partial charge in [-0.3, -0.25) is 14.2 Å². The summed E-state index contributed by atoms with van der Waals surface area (Å²) in [5, 5.41) is 9.71. The summed E-state index contributed by atoms with van der Waals surface area (Å²) in [6.07, 6.45) is 12.5. The van der Waals surface area contributed by atoms with Gasteiger partial charge in [0.05, 0.1) is 10.2 Å². The van der Waals surface area contributed by atoms with Gasteiger partial charge in [-0.25, -0.2) is 0 Å². The van der Waals surface area contributed by atoms with Crippen molar-refractivity contribution in [2.45, 2.75) is 59.3 Å². The number of unbranched alkanes of at least 4 members (excludes halogenated alkanes) is 3. The average Bonchev–Trinajstić information content (AvgIpc) is 3.23. The first-order valence-electron chi connectivity index (χ1n) is 15.0. The molecule has 1 aromatic heterocycles. The monoisotopic (exact) mass is 587 g/mol. The van der Waals surface area contributed by atoms with Gasteiger partial charge in [0.1, 0.15) is 16.3 Å². The van der Waals surface area contributed by atoms with Crippen molar-refractivity contribution in [3.63, 3.8) is 0 Å². The molecule has 0 radical (unpaired) electrons. The Hall–Kier alpha value is -4.47. The summed E-state index contributed by atoms with van der Waals surface area (Å²) < 4.78 is 2.29. The van der Waals surface area contributed by atoms with E-state index >= 15 is 0 Å². The highest BCUT2D eigenvalue weighted by molar-refractivity contribution is 7.07. The van der Waals surface area contributed by atoms with Crippen LogP contribution >= 0.6 is 11.3 Å². The number of hydrogen-bond acceptors (Lipinski definition) is 5. The fourth-order valence-corrected chi connectivity index (χ4v) is 6.72. The van der Waals surface area contributed by atoms with Crippen molar-refractivity contribution >= 4 is 46.2 Å². The Labute approximate surface area is 257 Å². The Morgan fingerprint density at radius 1 is 0.977 bits per heavy atom. The first-order chi connectivity index (χ1) is 20.9. The van der Waals surface area contributed by atoms with E-state index < -0.39 is 0 Å². The van der Waals surface area contributed by atoms with Gasteiger partial charge in [0.25, 0.3) is 5.56 Å². The zero-order chi connectivity index (χ0) is 30.3. The van der Waals surface area contributed by atoms with Gasteiger partial charge in [-0.15, -0.1) is 11.3 Å². The van der Waals surface area contributed by atoms with Crippen molar-refractivity contribution in [2.75, 3.05) is 11.4 Å². The standard InChI is InChI=1S/C37H37N3O2S/c1-4-5-6-9-23-39-33-13-8-7-12-29(33)18-19-30-24-28(17-22-34(30)39)11-10-14-35-36(42)40(31-20-15-26(2)16-21-31)37(43-35)32(25-38)27(3)41/h7-8,10-17,20-22,24H,4-6,9,18-19,23H2,1-3H3/b11-10+,35-14+,37-32-. The summed E-state index contributed by atoms with van der Waals surface area (Å²) in [5.41, 5.74) is 7.78. The first-order valence-corrected chi connectivity index (χ1v) is 15.8. The molecule has 0 fully saturated rings. The Balaban J connectivity index is 1.50. The van der Waals surface area contributed by atoms with Crippen LogP contribution in [0.1, 0.15) is 61.8 Å². The topological polar surface area (TPSA) is 66.1 Å². The number of aromatic nitrogens is 1. The zero-order valence-corrected chi connectivity index (χ0v) is 25.9. The molecule has 0 N–H and O–H groups in total. The summed E-state index contributed by atoms with van der Waals surface area (Å²) in [5.74, 6) is -0.363. The number of aryl methyl sites for hydroxylation is 3. The van der Waals surface area contributed by atoms with Crippen molar-refractivity contribution in [1.29, 1.82) is 5.26 Å². The lowest BCUT2D eigenvalue weighted by Gasteiger charge is -2.27. The molecule has 2 heterocycles. The van der Waals surface area contributed by atoms with E-state index in [1.807, 2.05) is 49.4 Å². The second kappa shape index (κ2) is 13.7. The van der Waals surface area contributed by atoms with Crippen LogP contribution in [0.2, 0.25) is 0 Å². The Morgan fingerprint density at radius 2 is 1.72 bits per heavy atom. The molecule has 0 spiro atoms. The fourth-order valence-electron chi connectivity index (χ4n) is 5.61. The van der Waals surface area contributed by atoms with Crippen LogP contribution in [0.4, 0.5) is 11.4 Å². The average molecular weight is 588 g/mol. The van der Waals surface area contributed by atoms with Crippen molar-refractivity contribution in [3.8, 4) is 11.8 Å². The predicted octanol–water partition coefficient (Wildman–Crippen LogP) is 6.78.